The van der Waals surface area contributed by atoms with Gasteiger partial charge in [-0.1, -0.05) is 6.07 Å². The molecule has 2 aromatic carbocycles. The molecule has 0 radical (unpaired) electrons. The minimum atomic E-state index is -1.49. The second-order valence-corrected chi connectivity index (χ2v) is 9.17. The van der Waals surface area contributed by atoms with Gasteiger partial charge in [0.15, 0.2) is 17.5 Å². The molecule has 2 aliphatic heterocycles. The van der Waals surface area contributed by atoms with Crippen LogP contribution in [0.4, 0.5) is 13.2 Å². The number of piperidine rings is 2. The van der Waals surface area contributed by atoms with Gasteiger partial charge in [-0.25, -0.2) is 18.2 Å². The van der Waals surface area contributed by atoms with Crippen molar-refractivity contribution in [3.63, 3.8) is 0 Å². The standard InChI is InChI=1S/C27H26F3N3O2/c1-16-14-32(15-31-16)24-9-6-17(11-25(24)35-2)10-18-7-8-20-4-3-5-23(33(20)27(18)34)19-12-21(28)26(30)22(29)13-19/h6,9-15,20,23H,3-5,7-8H2,1-2H3/t20-,23?/m1/s1. The van der Waals surface area contributed by atoms with Gasteiger partial charge in [0, 0.05) is 17.8 Å². The van der Waals surface area contributed by atoms with E-state index in [0.717, 1.165) is 48.3 Å². The van der Waals surface area contributed by atoms with E-state index in [-0.39, 0.29) is 11.9 Å². The maximum Gasteiger partial charge on any atom is 0.250 e. The van der Waals surface area contributed by atoms with Gasteiger partial charge in [-0.05, 0) is 80.5 Å². The highest BCUT2D eigenvalue weighted by Gasteiger charge is 2.39. The first kappa shape index (κ1) is 23.2. The Morgan fingerprint density at radius 1 is 1.09 bits per heavy atom. The third-order valence-electron chi connectivity index (χ3n) is 6.93. The Kier molecular flexibility index (Phi) is 6.13. The molecule has 3 heterocycles. The molecule has 5 nitrogen and oxygen atoms in total. The molecule has 2 atom stereocenters. The van der Waals surface area contributed by atoms with Gasteiger partial charge in [0.1, 0.15) is 5.75 Å². The van der Waals surface area contributed by atoms with Crippen LogP contribution in [-0.4, -0.2) is 33.5 Å². The van der Waals surface area contributed by atoms with Crippen molar-refractivity contribution in [1.29, 1.82) is 0 Å². The van der Waals surface area contributed by atoms with Gasteiger partial charge in [-0.2, -0.15) is 0 Å². The largest absolute Gasteiger partial charge is 0.495 e. The SMILES string of the molecule is COc1cc(C=C2CC[C@H]3CCCC(c4cc(F)c(F)c(F)c4)N3C2=O)ccc1-n1cnc(C)c1. The van der Waals surface area contributed by atoms with E-state index in [2.05, 4.69) is 4.98 Å². The molecular weight excluding hydrogens is 455 g/mol. The van der Waals surface area contributed by atoms with Crippen LogP contribution >= 0.6 is 0 Å². The summed E-state index contributed by atoms with van der Waals surface area (Å²) in [4.78, 5) is 19.6. The van der Waals surface area contributed by atoms with Gasteiger partial charge in [0.25, 0.3) is 5.91 Å². The highest BCUT2D eigenvalue weighted by Crippen LogP contribution is 2.41. The highest BCUT2D eigenvalue weighted by molar-refractivity contribution is 5.99. The average molecular weight is 482 g/mol. The molecule has 0 spiro atoms. The second kappa shape index (κ2) is 9.24. The number of hydrogen-bond acceptors (Lipinski definition) is 3. The van der Waals surface area contributed by atoms with Gasteiger partial charge in [-0.3, -0.25) is 4.79 Å². The number of aromatic nitrogens is 2. The summed E-state index contributed by atoms with van der Waals surface area (Å²) in [5, 5.41) is 0. The molecule has 182 valence electrons. The van der Waals surface area contributed by atoms with Crippen LogP contribution in [0.2, 0.25) is 0 Å². The number of aryl methyl sites for hydroxylation is 1. The summed E-state index contributed by atoms with van der Waals surface area (Å²) in [6.07, 6.45) is 9.10. The van der Waals surface area contributed by atoms with E-state index in [1.54, 1.807) is 18.3 Å². The molecule has 0 N–H and O–H groups in total. The molecule has 1 unspecified atom stereocenters. The molecule has 5 rings (SSSR count). The monoisotopic (exact) mass is 481 g/mol. The van der Waals surface area contributed by atoms with Crippen molar-refractivity contribution in [2.24, 2.45) is 0 Å². The molecule has 0 saturated carbocycles. The van der Waals surface area contributed by atoms with E-state index in [0.29, 0.717) is 29.7 Å². The van der Waals surface area contributed by atoms with Gasteiger partial charge < -0.3 is 14.2 Å². The van der Waals surface area contributed by atoms with Crippen molar-refractivity contribution in [3.8, 4) is 11.4 Å². The Labute approximate surface area is 201 Å². The molecule has 35 heavy (non-hydrogen) atoms. The molecule has 0 aliphatic carbocycles. The number of benzene rings is 2. The lowest BCUT2D eigenvalue weighted by Crippen LogP contribution is -2.49. The van der Waals surface area contributed by atoms with E-state index < -0.39 is 23.5 Å². The lowest BCUT2D eigenvalue weighted by molar-refractivity contribution is -0.136. The van der Waals surface area contributed by atoms with E-state index in [1.807, 2.05) is 42.0 Å². The summed E-state index contributed by atoms with van der Waals surface area (Å²) in [6.45, 7) is 1.91. The third-order valence-corrected chi connectivity index (χ3v) is 6.93. The fourth-order valence-electron chi connectivity index (χ4n) is 5.25. The quantitative estimate of drug-likeness (QED) is 0.344. The van der Waals surface area contributed by atoms with Crippen molar-refractivity contribution >= 4 is 12.0 Å². The maximum atomic E-state index is 14.0. The minimum absolute atomic E-state index is 0.00373. The number of nitrogens with zero attached hydrogens (tertiary/aromatic N) is 3. The van der Waals surface area contributed by atoms with Crippen molar-refractivity contribution in [1.82, 2.24) is 14.5 Å². The van der Waals surface area contributed by atoms with E-state index >= 15 is 0 Å². The molecule has 0 bridgehead atoms. The van der Waals surface area contributed by atoms with Gasteiger partial charge >= 0.3 is 0 Å². The summed E-state index contributed by atoms with van der Waals surface area (Å²) >= 11 is 0. The summed E-state index contributed by atoms with van der Waals surface area (Å²) in [7, 11) is 1.59. The Balaban J connectivity index is 1.46. The lowest BCUT2D eigenvalue weighted by atomic mass is 9.83. The van der Waals surface area contributed by atoms with Gasteiger partial charge in [0.2, 0.25) is 0 Å². The Morgan fingerprint density at radius 3 is 2.54 bits per heavy atom. The van der Waals surface area contributed by atoms with Crippen molar-refractivity contribution in [2.75, 3.05) is 7.11 Å². The van der Waals surface area contributed by atoms with Crippen LogP contribution in [0, 0.1) is 24.4 Å². The third kappa shape index (κ3) is 4.33. The van der Waals surface area contributed by atoms with Crippen LogP contribution < -0.4 is 4.74 Å². The zero-order valence-electron chi connectivity index (χ0n) is 19.6. The van der Waals surface area contributed by atoms with E-state index in [1.165, 1.54) is 0 Å². The summed E-state index contributed by atoms with van der Waals surface area (Å²) in [5.41, 5.74) is 3.46. The van der Waals surface area contributed by atoms with E-state index in [9.17, 15) is 18.0 Å². The fourth-order valence-corrected chi connectivity index (χ4v) is 5.25. The molecule has 1 aromatic heterocycles. The number of carbonyl (C=O) groups excluding carboxylic acids is 1. The Morgan fingerprint density at radius 2 is 1.86 bits per heavy atom. The number of hydrogen-bond donors (Lipinski definition) is 0. The molecule has 1 amide bonds. The summed E-state index contributed by atoms with van der Waals surface area (Å²) in [5.74, 6) is -3.46. The smallest absolute Gasteiger partial charge is 0.250 e. The number of imidazole rings is 1. The molecule has 2 saturated heterocycles. The number of ether oxygens (including phenoxy) is 1. The number of fused-ring (bicyclic) bond motifs is 1. The second-order valence-electron chi connectivity index (χ2n) is 9.17. The van der Waals surface area contributed by atoms with Crippen LogP contribution in [-0.2, 0) is 4.79 Å². The van der Waals surface area contributed by atoms with Crippen LogP contribution in [0.3, 0.4) is 0 Å². The van der Waals surface area contributed by atoms with Crippen LogP contribution in [0.15, 0.2) is 48.4 Å². The number of carbonyl (C=O) groups is 1. The number of halogens is 3. The Bertz CT molecular complexity index is 1290. The first-order valence-corrected chi connectivity index (χ1v) is 11.7. The fraction of sp³-hybridized carbons (Fsp3) is 0.333. The van der Waals surface area contributed by atoms with Crippen LogP contribution in [0.5, 0.6) is 5.75 Å². The molecule has 8 heteroatoms. The number of amides is 1. The minimum Gasteiger partial charge on any atom is -0.495 e. The van der Waals surface area contributed by atoms with Crippen LogP contribution in [0.1, 0.15) is 55.0 Å². The highest BCUT2D eigenvalue weighted by atomic mass is 19.2. The Hall–Kier alpha value is -3.55. The zero-order valence-corrected chi connectivity index (χ0v) is 19.6. The maximum absolute atomic E-state index is 14.0. The number of methoxy groups -OCH3 is 1. The number of rotatable bonds is 4. The molecule has 2 aliphatic rings. The van der Waals surface area contributed by atoms with Crippen molar-refractivity contribution < 1.29 is 22.7 Å². The zero-order chi connectivity index (χ0) is 24.7. The predicted octanol–water partition coefficient (Wildman–Crippen LogP) is 5.91. The van der Waals surface area contributed by atoms with Gasteiger partial charge in [-0.15, -0.1) is 0 Å². The predicted molar refractivity (Wildman–Crippen MR) is 126 cm³/mol. The average Bonchev–Trinajstić information content (AvgIpc) is 3.29. The first-order chi connectivity index (χ1) is 16.9. The van der Waals surface area contributed by atoms with Crippen molar-refractivity contribution in [2.45, 2.75) is 51.1 Å². The van der Waals surface area contributed by atoms with Gasteiger partial charge in [0.05, 0.1) is 30.9 Å². The first-order valence-electron chi connectivity index (χ1n) is 11.7. The lowest BCUT2D eigenvalue weighted by Gasteiger charge is -2.46. The normalized spacial score (nSPS) is 21.3. The van der Waals surface area contributed by atoms with Crippen LogP contribution in [0.25, 0.3) is 11.8 Å². The molecule has 2 fully saturated rings. The summed E-state index contributed by atoms with van der Waals surface area (Å²) < 4.78 is 48.9. The topological polar surface area (TPSA) is 47.4 Å². The molecular formula is C27H26F3N3O2. The van der Waals surface area contributed by atoms with E-state index in [4.69, 9.17) is 4.74 Å². The molecule has 3 aromatic rings. The summed E-state index contributed by atoms with van der Waals surface area (Å²) in [6, 6.07) is 7.23. The van der Waals surface area contributed by atoms with Crippen molar-refractivity contribution in [3.05, 3.63) is 82.7 Å².